The van der Waals surface area contributed by atoms with Crippen molar-refractivity contribution in [3.63, 3.8) is 0 Å². The van der Waals surface area contributed by atoms with E-state index in [0.717, 1.165) is 17.7 Å². The Bertz CT molecular complexity index is 1050. The van der Waals surface area contributed by atoms with Crippen molar-refractivity contribution in [3.05, 3.63) is 57.0 Å². The van der Waals surface area contributed by atoms with Crippen LogP contribution in [-0.4, -0.2) is 19.1 Å². The number of fused-ring (bicyclic) bond motifs is 1. The van der Waals surface area contributed by atoms with Gasteiger partial charge in [0.25, 0.3) is 5.56 Å². The Hall–Kier alpha value is -2.97. The molecule has 0 aliphatic heterocycles. The third kappa shape index (κ3) is 2.38. The van der Waals surface area contributed by atoms with E-state index in [1.54, 1.807) is 12.1 Å². The summed E-state index contributed by atoms with van der Waals surface area (Å²) in [5.41, 5.74) is -2.93. The van der Waals surface area contributed by atoms with E-state index < -0.39 is 28.4 Å². The molecule has 0 aliphatic carbocycles. The maximum Gasteiger partial charge on any atom is 0.417 e. The summed E-state index contributed by atoms with van der Waals surface area (Å²) >= 11 is 0. The molecule has 0 aliphatic rings. The van der Waals surface area contributed by atoms with Crippen LogP contribution in [0.2, 0.25) is 0 Å². The normalized spacial score (nSPS) is 11.9. The van der Waals surface area contributed by atoms with Crippen molar-refractivity contribution in [2.24, 2.45) is 14.1 Å². The highest BCUT2D eigenvalue weighted by Gasteiger charge is 2.35. The summed E-state index contributed by atoms with van der Waals surface area (Å²) in [5.74, 6) is 0. The van der Waals surface area contributed by atoms with Crippen molar-refractivity contribution in [2.75, 3.05) is 0 Å². The van der Waals surface area contributed by atoms with Crippen LogP contribution in [0.25, 0.3) is 22.3 Å². The molecule has 6 nitrogen and oxygen atoms in total. The molecule has 3 aromatic rings. The van der Waals surface area contributed by atoms with Crippen molar-refractivity contribution < 1.29 is 13.2 Å². The highest BCUT2D eigenvalue weighted by atomic mass is 19.4. The number of hydrogen-bond acceptors (Lipinski definition) is 4. The first-order valence-electron chi connectivity index (χ1n) is 6.80. The van der Waals surface area contributed by atoms with Gasteiger partial charge in [0, 0.05) is 32.1 Å². The second kappa shape index (κ2) is 5.29. The molecule has 0 aromatic carbocycles. The molecular formula is C15H11F3N4O2. The van der Waals surface area contributed by atoms with Crippen molar-refractivity contribution in [1.29, 1.82) is 0 Å². The van der Waals surface area contributed by atoms with Crippen LogP contribution in [0.1, 0.15) is 5.56 Å². The second-order valence-corrected chi connectivity index (χ2v) is 5.20. The molecule has 0 atom stereocenters. The van der Waals surface area contributed by atoms with E-state index in [-0.39, 0.29) is 11.3 Å². The van der Waals surface area contributed by atoms with Gasteiger partial charge in [-0.15, -0.1) is 0 Å². The minimum Gasteiger partial charge on any atom is -0.280 e. The molecule has 24 heavy (non-hydrogen) atoms. The molecule has 0 spiro atoms. The SMILES string of the molecule is Cn1c(=O)c2c(C(F)(F)F)cc(-c3cccnc3)nc2n(C)c1=O. The zero-order valence-electron chi connectivity index (χ0n) is 12.6. The molecule has 0 N–H and O–H groups in total. The van der Waals surface area contributed by atoms with E-state index in [9.17, 15) is 22.8 Å². The summed E-state index contributed by atoms with van der Waals surface area (Å²) in [6.07, 6.45) is -1.95. The van der Waals surface area contributed by atoms with E-state index in [4.69, 9.17) is 0 Å². The van der Waals surface area contributed by atoms with Gasteiger partial charge in [-0.1, -0.05) is 0 Å². The van der Waals surface area contributed by atoms with E-state index in [0.29, 0.717) is 10.1 Å². The Labute approximate surface area is 132 Å². The Balaban J connectivity index is 2.54. The summed E-state index contributed by atoms with van der Waals surface area (Å²) in [6, 6.07) is 3.89. The van der Waals surface area contributed by atoms with E-state index in [1.165, 1.54) is 19.4 Å². The number of aryl methyl sites for hydroxylation is 1. The van der Waals surface area contributed by atoms with Crippen LogP contribution >= 0.6 is 0 Å². The summed E-state index contributed by atoms with van der Waals surface area (Å²) < 4.78 is 42.0. The Morgan fingerprint density at radius 3 is 2.42 bits per heavy atom. The minimum atomic E-state index is -4.78. The molecule has 9 heteroatoms. The van der Waals surface area contributed by atoms with Gasteiger partial charge in [0.2, 0.25) is 0 Å². The van der Waals surface area contributed by atoms with Gasteiger partial charge in [-0.05, 0) is 18.2 Å². The van der Waals surface area contributed by atoms with Crippen molar-refractivity contribution in [1.82, 2.24) is 19.1 Å². The lowest BCUT2D eigenvalue weighted by atomic mass is 10.1. The van der Waals surface area contributed by atoms with Crippen LogP contribution in [0.3, 0.4) is 0 Å². The first-order chi connectivity index (χ1) is 11.2. The standard InChI is InChI=1S/C15H11F3N4O2/c1-21-12-11(13(23)22(2)14(21)24)9(15(16,17)18)6-10(20-12)8-4-3-5-19-7-8/h3-7H,1-2H3. The maximum atomic E-state index is 13.5. The third-order valence-electron chi connectivity index (χ3n) is 3.67. The van der Waals surface area contributed by atoms with Crippen LogP contribution in [-0.2, 0) is 20.3 Å². The highest BCUT2D eigenvalue weighted by Crippen LogP contribution is 2.35. The lowest BCUT2D eigenvalue weighted by Crippen LogP contribution is -2.38. The van der Waals surface area contributed by atoms with Gasteiger partial charge in [-0.25, -0.2) is 9.78 Å². The van der Waals surface area contributed by atoms with E-state index in [2.05, 4.69) is 9.97 Å². The second-order valence-electron chi connectivity index (χ2n) is 5.20. The predicted octanol–water partition coefficient (Wildman–Crippen LogP) is 1.71. The van der Waals surface area contributed by atoms with Crippen LogP contribution in [0.5, 0.6) is 0 Å². The molecule has 0 fully saturated rings. The predicted molar refractivity (Wildman–Crippen MR) is 80.5 cm³/mol. The van der Waals surface area contributed by atoms with Crippen LogP contribution in [0.4, 0.5) is 13.2 Å². The van der Waals surface area contributed by atoms with E-state index >= 15 is 0 Å². The fourth-order valence-electron chi connectivity index (χ4n) is 2.44. The quantitative estimate of drug-likeness (QED) is 0.678. The third-order valence-corrected chi connectivity index (χ3v) is 3.67. The molecule has 124 valence electrons. The Morgan fingerprint density at radius 2 is 1.83 bits per heavy atom. The molecule has 0 amide bonds. The topological polar surface area (TPSA) is 69.8 Å². The number of nitrogens with zero attached hydrogens (tertiary/aromatic N) is 4. The average molecular weight is 336 g/mol. The Kier molecular flexibility index (Phi) is 3.51. The Morgan fingerprint density at radius 1 is 1.12 bits per heavy atom. The van der Waals surface area contributed by atoms with Gasteiger partial charge in [0.05, 0.1) is 16.6 Å². The molecule has 0 unspecified atom stereocenters. The van der Waals surface area contributed by atoms with E-state index in [1.807, 2.05) is 0 Å². The lowest BCUT2D eigenvalue weighted by Gasteiger charge is -2.14. The summed E-state index contributed by atoms with van der Waals surface area (Å²) in [4.78, 5) is 32.2. The zero-order valence-corrected chi connectivity index (χ0v) is 12.6. The fourth-order valence-corrected chi connectivity index (χ4v) is 2.44. The summed E-state index contributed by atoms with van der Waals surface area (Å²) in [5, 5.41) is -0.639. The molecule has 0 saturated heterocycles. The lowest BCUT2D eigenvalue weighted by molar-refractivity contribution is -0.136. The minimum absolute atomic E-state index is 0.0221. The molecule has 3 aromatic heterocycles. The summed E-state index contributed by atoms with van der Waals surface area (Å²) in [7, 11) is 2.39. The number of hydrogen-bond donors (Lipinski definition) is 0. The first kappa shape index (κ1) is 15.9. The van der Waals surface area contributed by atoms with Crippen molar-refractivity contribution in [2.45, 2.75) is 6.18 Å². The number of pyridine rings is 2. The number of aromatic nitrogens is 4. The zero-order chi connectivity index (χ0) is 17.6. The van der Waals surface area contributed by atoms with Crippen molar-refractivity contribution in [3.8, 4) is 11.3 Å². The van der Waals surface area contributed by atoms with Crippen LogP contribution in [0.15, 0.2) is 40.2 Å². The van der Waals surface area contributed by atoms with Crippen LogP contribution in [0, 0.1) is 0 Å². The molecular weight excluding hydrogens is 325 g/mol. The summed E-state index contributed by atoms with van der Waals surface area (Å²) in [6.45, 7) is 0. The maximum absolute atomic E-state index is 13.5. The fraction of sp³-hybridized carbons (Fsp3) is 0.200. The van der Waals surface area contributed by atoms with Crippen molar-refractivity contribution >= 4 is 11.0 Å². The monoisotopic (exact) mass is 336 g/mol. The largest absolute Gasteiger partial charge is 0.417 e. The molecule has 0 bridgehead atoms. The highest BCUT2D eigenvalue weighted by molar-refractivity contribution is 5.82. The van der Waals surface area contributed by atoms with Gasteiger partial charge in [-0.3, -0.25) is 18.9 Å². The van der Waals surface area contributed by atoms with Gasteiger partial charge in [0.15, 0.2) is 5.65 Å². The van der Waals surface area contributed by atoms with Gasteiger partial charge >= 0.3 is 11.9 Å². The number of rotatable bonds is 1. The van der Waals surface area contributed by atoms with Crippen LogP contribution < -0.4 is 11.2 Å². The van der Waals surface area contributed by atoms with Gasteiger partial charge in [-0.2, -0.15) is 13.2 Å². The molecule has 0 radical (unpaired) electrons. The first-order valence-corrected chi connectivity index (χ1v) is 6.80. The smallest absolute Gasteiger partial charge is 0.280 e. The number of halogens is 3. The van der Waals surface area contributed by atoms with Gasteiger partial charge < -0.3 is 0 Å². The molecule has 3 heterocycles. The van der Waals surface area contributed by atoms with Gasteiger partial charge in [0.1, 0.15) is 0 Å². The number of alkyl halides is 3. The average Bonchev–Trinajstić information content (AvgIpc) is 2.57. The molecule has 3 rings (SSSR count). The molecule has 0 saturated carbocycles.